The smallest absolute Gasteiger partial charge is 0.397 e. The SMILES string of the molecule is Cc1cc(C(F)(F)F)nc2sc(C(=O)Nc3cccc(F)c3)c(N)c12. The van der Waals surface area contributed by atoms with Gasteiger partial charge in [-0.25, -0.2) is 9.37 Å². The fourth-order valence-electron chi connectivity index (χ4n) is 2.38. The van der Waals surface area contributed by atoms with Gasteiger partial charge in [-0.3, -0.25) is 4.79 Å². The van der Waals surface area contributed by atoms with Gasteiger partial charge in [0.1, 0.15) is 21.2 Å². The molecule has 2 heterocycles. The third kappa shape index (κ3) is 3.27. The van der Waals surface area contributed by atoms with Crippen molar-refractivity contribution in [1.29, 1.82) is 0 Å². The van der Waals surface area contributed by atoms with Crippen LogP contribution in [-0.2, 0) is 6.18 Å². The van der Waals surface area contributed by atoms with E-state index in [-0.39, 0.29) is 26.6 Å². The van der Waals surface area contributed by atoms with Crippen molar-refractivity contribution in [3.63, 3.8) is 0 Å². The largest absolute Gasteiger partial charge is 0.433 e. The molecule has 3 aromatic rings. The van der Waals surface area contributed by atoms with Crippen LogP contribution < -0.4 is 11.1 Å². The van der Waals surface area contributed by atoms with Crippen molar-refractivity contribution in [2.75, 3.05) is 11.1 Å². The van der Waals surface area contributed by atoms with Crippen LogP contribution in [0.2, 0.25) is 0 Å². The minimum Gasteiger partial charge on any atom is -0.397 e. The second kappa shape index (κ2) is 5.99. The van der Waals surface area contributed by atoms with E-state index >= 15 is 0 Å². The zero-order chi connectivity index (χ0) is 18.4. The lowest BCUT2D eigenvalue weighted by Gasteiger charge is -2.07. The van der Waals surface area contributed by atoms with Gasteiger partial charge < -0.3 is 11.1 Å². The number of nitrogens with zero attached hydrogens (tertiary/aromatic N) is 1. The molecule has 4 nitrogen and oxygen atoms in total. The highest BCUT2D eigenvalue weighted by atomic mass is 32.1. The zero-order valence-electron chi connectivity index (χ0n) is 12.7. The Hall–Kier alpha value is -2.68. The molecule has 0 bridgehead atoms. The number of nitrogens with two attached hydrogens (primary N) is 1. The Bertz CT molecular complexity index is 981. The molecule has 0 atom stereocenters. The molecular formula is C16H11F4N3OS. The predicted molar refractivity (Wildman–Crippen MR) is 88.1 cm³/mol. The number of carbonyl (C=O) groups is 1. The Balaban J connectivity index is 2.03. The van der Waals surface area contributed by atoms with Gasteiger partial charge in [0, 0.05) is 11.1 Å². The van der Waals surface area contributed by atoms with Crippen molar-refractivity contribution in [3.05, 3.63) is 52.3 Å². The number of nitrogen functional groups attached to an aromatic ring is 1. The summed E-state index contributed by atoms with van der Waals surface area (Å²) in [5, 5.41) is 2.77. The van der Waals surface area contributed by atoms with Crippen LogP contribution in [0.4, 0.5) is 28.9 Å². The molecule has 0 saturated carbocycles. The average Bonchev–Trinajstić information content (AvgIpc) is 2.84. The van der Waals surface area contributed by atoms with Crippen LogP contribution in [0.3, 0.4) is 0 Å². The first-order valence-electron chi connectivity index (χ1n) is 7.00. The van der Waals surface area contributed by atoms with Gasteiger partial charge in [0.25, 0.3) is 5.91 Å². The summed E-state index contributed by atoms with van der Waals surface area (Å²) in [5.41, 5.74) is 5.43. The molecule has 1 amide bonds. The molecule has 0 saturated heterocycles. The number of thiophene rings is 1. The molecule has 2 aromatic heterocycles. The van der Waals surface area contributed by atoms with E-state index in [0.717, 1.165) is 23.5 Å². The number of halogens is 4. The average molecular weight is 369 g/mol. The first-order valence-corrected chi connectivity index (χ1v) is 7.82. The van der Waals surface area contributed by atoms with Crippen LogP contribution in [-0.4, -0.2) is 10.9 Å². The Morgan fingerprint density at radius 1 is 1.28 bits per heavy atom. The number of hydrogen-bond donors (Lipinski definition) is 2. The van der Waals surface area contributed by atoms with Gasteiger partial charge in [0.15, 0.2) is 0 Å². The summed E-state index contributed by atoms with van der Waals surface area (Å²) < 4.78 is 51.8. The number of anilines is 2. The third-order valence-corrected chi connectivity index (χ3v) is 4.57. The Morgan fingerprint density at radius 3 is 2.64 bits per heavy atom. The molecule has 0 aliphatic carbocycles. The number of amides is 1. The number of pyridine rings is 1. The molecule has 0 unspecified atom stereocenters. The molecule has 3 N–H and O–H groups in total. The number of aryl methyl sites for hydroxylation is 1. The van der Waals surface area contributed by atoms with Gasteiger partial charge in [-0.15, -0.1) is 11.3 Å². The second-order valence-electron chi connectivity index (χ2n) is 5.31. The van der Waals surface area contributed by atoms with Crippen molar-refractivity contribution < 1.29 is 22.4 Å². The highest BCUT2D eigenvalue weighted by Gasteiger charge is 2.34. The number of nitrogens with one attached hydrogen (secondary N) is 1. The highest BCUT2D eigenvalue weighted by molar-refractivity contribution is 7.21. The standard InChI is InChI=1S/C16H11F4N3OS/c1-7-5-10(16(18,19)20)23-15-11(7)12(21)13(25-15)14(24)22-9-4-2-3-8(17)6-9/h2-6H,21H2,1H3,(H,22,24). The minimum atomic E-state index is -4.60. The summed E-state index contributed by atoms with van der Waals surface area (Å²) in [6.45, 7) is 1.47. The predicted octanol–water partition coefficient (Wildman–Crippen LogP) is 4.60. The summed E-state index contributed by atoms with van der Waals surface area (Å²) in [5.74, 6) is -1.17. The van der Waals surface area contributed by atoms with Crippen LogP contribution in [0.25, 0.3) is 10.2 Å². The fourth-order valence-corrected chi connectivity index (χ4v) is 3.44. The van der Waals surface area contributed by atoms with Crippen LogP contribution >= 0.6 is 11.3 Å². The lowest BCUT2D eigenvalue weighted by molar-refractivity contribution is -0.141. The fraction of sp³-hybridized carbons (Fsp3) is 0.125. The molecule has 1 aromatic carbocycles. The van der Waals surface area contributed by atoms with Gasteiger partial charge in [-0.05, 0) is 36.8 Å². The van der Waals surface area contributed by atoms with Crippen molar-refractivity contribution in [1.82, 2.24) is 4.98 Å². The van der Waals surface area contributed by atoms with Crippen LogP contribution in [0.5, 0.6) is 0 Å². The van der Waals surface area contributed by atoms with Crippen LogP contribution in [0, 0.1) is 12.7 Å². The molecule has 0 aliphatic rings. The first-order chi connectivity index (χ1) is 11.7. The maximum Gasteiger partial charge on any atom is 0.433 e. The van der Waals surface area contributed by atoms with Gasteiger partial charge in [-0.2, -0.15) is 13.2 Å². The van der Waals surface area contributed by atoms with E-state index in [2.05, 4.69) is 10.3 Å². The van der Waals surface area contributed by atoms with E-state index in [1.165, 1.54) is 25.1 Å². The molecule has 25 heavy (non-hydrogen) atoms. The maximum absolute atomic E-state index is 13.2. The molecule has 0 radical (unpaired) electrons. The molecule has 0 spiro atoms. The van der Waals surface area contributed by atoms with Crippen molar-refractivity contribution in [2.24, 2.45) is 0 Å². The molecular weight excluding hydrogens is 358 g/mol. The number of rotatable bonds is 2. The van der Waals surface area contributed by atoms with E-state index in [1.807, 2.05) is 0 Å². The lowest BCUT2D eigenvalue weighted by Crippen LogP contribution is -2.12. The Labute approximate surface area is 143 Å². The number of alkyl halides is 3. The van der Waals surface area contributed by atoms with E-state index in [0.29, 0.717) is 5.39 Å². The first kappa shape index (κ1) is 17.2. The molecule has 0 fully saturated rings. The van der Waals surface area contributed by atoms with Gasteiger partial charge in [0.2, 0.25) is 0 Å². The maximum atomic E-state index is 13.2. The number of benzene rings is 1. The van der Waals surface area contributed by atoms with Gasteiger partial charge in [0.05, 0.1) is 5.69 Å². The normalized spacial score (nSPS) is 11.7. The topological polar surface area (TPSA) is 68.0 Å². The number of fused-ring (bicyclic) bond motifs is 1. The van der Waals surface area contributed by atoms with Gasteiger partial charge >= 0.3 is 6.18 Å². The van der Waals surface area contributed by atoms with E-state index < -0.39 is 23.6 Å². The molecule has 0 aliphatic heterocycles. The van der Waals surface area contributed by atoms with Gasteiger partial charge in [-0.1, -0.05) is 6.07 Å². The van der Waals surface area contributed by atoms with Crippen molar-refractivity contribution >= 4 is 38.8 Å². The molecule has 3 rings (SSSR count). The molecule has 130 valence electrons. The Morgan fingerprint density at radius 2 is 2.00 bits per heavy atom. The molecule has 9 heteroatoms. The van der Waals surface area contributed by atoms with E-state index in [4.69, 9.17) is 5.73 Å². The number of aromatic nitrogens is 1. The van der Waals surface area contributed by atoms with Crippen LogP contribution in [0.1, 0.15) is 20.9 Å². The zero-order valence-corrected chi connectivity index (χ0v) is 13.6. The second-order valence-corrected chi connectivity index (χ2v) is 6.31. The number of carbonyl (C=O) groups excluding carboxylic acids is 1. The minimum absolute atomic E-state index is 0.0224. The Kier molecular flexibility index (Phi) is 4.11. The summed E-state index contributed by atoms with van der Waals surface area (Å²) in [4.78, 5) is 16.0. The highest BCUT2D eigenvalue weighted by Crippen LogP contribution is 2.38. The van der Waals surface area contributed by atoms with Crippen molar-refractivity contribution in [3.8, 4) is 0 Å². The van der Waals surface area contributed by atoms with E-state index in [9.17, 15) is 22.4 Å². The van der Waals surface area contributed by atoms with Crippen LogP contribution in [0.15, 0.2) is 30.3 Å². The lowest BCUT2D eigenvalue weighted by atomic mass is 10.1. The summed E-state index contributed by atoms with van der Waals surface area (Å²) in [6, 6.07) is 6.12. The number of hydrogen-bond acceptors (Lipinski definition) is 4. The quantitative estimate of drug-likeness (QED) is 0.649. The monoisotopic (exact) mass is 369 g/mol. The summed E-state index contributed by atoms with van der Waals surface area (Å²) in [6.07, 6.45) is -4.60. The van der Waals surface area contributed by atoms with Crippen molar-refractivity contribution in [2.45, 2.75) is 13.1 Å². The summed E-state index contributed by atoms with van der Waals surface area (Å²) >= 11 is 0.758. The van der Waals surface area contributed by atoms with E-state index in [1.54, 1.807) is 0 Å². The summed E-state index contributed by atoms with van der Waals surface area (Å²) in [7, 11) is 0. The third-order valence-electron chi connectivity index (χ3n) is 3.48.